The predicted octanol–water partition coefficient (Wildman–Crippen LogP) is 8.85. The zero-order valence-corrected chi connectivity index (χ0v) is 21.6. The fraction of sp³-hybridized carbons (Fsp3) is 0. The van der Waals surface area contributed by atoms with Crippen LogP contribution in [-0.2, 0) is 0 Å². The summed E-state index contributed by atoms with van der Waals surface area (Å²) in [6.07, 6.45) is 3.70. The Hall–Kier alpha value is -5.48. The Labute approximate surface area is 231 Å². The first-order chi connectivity index (χ1) is 19.9. The normalized spacial score (nSPS) is 11.5. The van der Waals surface area contributed by atoms with E-state index in [0.717, 1.165) is 44.7 Å². The van der Waals surface area contributed by atoms with Crippen molar-refractivity contribution in [3.05, 3.63) is 146 Å². The van der Waals surface area contributed by atoms with Crippen LogP contribution < -0.4 is 0 Å². The lowest BCUT2D eigenvalue weighted by atomic mass is 10.0. The molecule has 8 rings (SSSR count). The number of pyridine rings is 1. The van der Waals surface area contributed by atoms with Gasteiger partial charge in [0.05, 0.1) is 22.1 Å². The van der Waals surface area contributed by atoms with Gasteiger partial charge in [0.2, 0.25) is 0 Å². The van der Waals surface area contributed by atoms with Gasteiger partial charge in [-0.3, -0.25) is 9.55 Å². The maximum Gasteiger partial charge on any atom is 0.147 e. The van der Waals surface area contributed by atoms with Gasteiger partial charge < -0.3 is 4.57 Å². The van der Waals surface area contributed by atoms with E-state index < -0.39 is 0 Å². The molecule has 0 saturated heterocycles. The van der Waals surface area contributed by atoms with Crippen LogP contribution in [0.4, 0.5) is 0 Å². The Morgan fingerprint density at radius 1 is 0.475 bits per heavy atom. The quantitative estimate of drug-likeness (QED) is 0.236. The molecule has 0 amide bonds. The standard InChI is InChI=1S/C36H24N4/c1-3-11-25(12-4-1)26-13-9-17-29(23-26)40-33-21-20-32-34(35(33)38-36(40)27-14-10-22-37-24-27)30-18-7-8-19-31(30)39(32)28-15-5-2-6-16-28/h1-24H. The van der Waals surface area contributed by atoms with Crippen LogP contribution in [-0.4, -0.2) is 19.1 Å². The zero-order chi connectivity index (χ0) is 26.5. The van der Waals surface area contributed by atoms with E-state index in [4.69, 9.17) is 4.98 Å². The van der Waals surface area contributed by atoms with Crippen molar-refractivity contribution in [2.45, 2.75) is 0 Å². The van der Waals surface area contributed by atoms with Gasteiger partial charge in [-0.2, -0.15) is 0 Å². The molecule has 0 aliphatic rings. The average molecular weight is 513 g/mol. The van der Waals surface area contributed by atoms with E-state index in [1.807, 2.05) is 18.3 Å². The van der Waals surface area contributed by atoms with E-state index in [1.165, 1.54) is 22.0 Å². The number of fused-ring (bicyclic) bond motifs is 5. The fourth-order valence-electron chi connectivity index (χ4n) is 5.86. The van der Waals surface area contributed by atoms with Crippen LogP contribution in [0.2, 0.25) is 0 Å². The third-order valence-electron chi connectivity index (χ3n) is 7.61. The molecule has 0 unspecified atom stereocenters. The maximum atomic E-state index is 5.36. The Balaban J connectivity index is 1.48. The predicted molar refractivity (Wildman–Crippen MR) is 164 cm³/mol. The second-order valence-electron chi connectivity index (χ2n) is 9.94. The smallest absolute Gasteiger partial charge is 0.147 e. The summed E-state index contributed by atoms with van der Waals surface area (Å²) in [5, 5.41) is 2.34. The zero-order valence-electron chi connectivity index (χ0n) is 21.6. The van der Waals surface area contributed by atoms with Gasteiger partial charge >= 0.3 is 0 Å². The number of hydrogen-bond acceptors (Lipinski definition) is 2. The van der Waals surface area contributed by atoms with Gasteiger partial charge in [-0.1, -0.05) is 78.9 Å². The van der Waals surface area contributed by atoms with Crippen LogP contribution in [0.15, 0.2) is 146 Å². The molecule has 4 nitrogen and oxygen atoms in total. The number of rotatable bonds is 4. The molecule has 4 heteroatoms. The van der Waals surface area contributed by atoms with Crippen molar-refractivity contribution in [1.29, 1.82) is 0 Å². The summed E-state index contributed by atoms with van der Waals surface area (Å²) in [6, 6.07) is 46.8. The molecular formula is C36H24N4. The summed E-state index contributed by atoms with van der Waals surface area (Å²) in [5.74, 6) is 0.873. The first-order valence-corrected chi connectivity index (χ1v) is 13.4. The lowest BCUT2D eigenvalue weighted by Gasteiger charge is -2.12. The van der Waals surface area contributed by atoms with E-state index in [2.05, 4.69) is 135 Å². The fourth-order valence-corrected chi connectivity index (χ4v) is 5.86. The summed E-state index contributed by atoms with van der Waals surface area (Å²) in [6.45, 7) is 0. The highest BCUT2D eigenvalue weighted by molar-refractivity contribution is 6.20. The number of nitrogens with zero attached hydrogens (tertiary/aromatic N) is 4. The molecule has 0 saturated carbocycles. The second-order valence-corrected chi connectivity index (χ2v) is 9.94. The lowest BCUT2D eigenvalue weighted by molar-refractivity contribution is 1.10. The first kappa shape index (κ1) is 22.5. The topological polar surface area (TPSA) is 35.6 Å². The minimum absolute atomic E-state index is 0.873. The lowest BCUT2D eigenvalue weighted by Crippen LogP contribution is -1.98. The maximum absolute atomic E-state index is 5.36. The molecule has 0 radical (unpaired) electrons. The Bertz CT molecular complexity index is 2140. The molecule has 0 fully saturated rings. The third-order valence-corrected chi connectivity index (χ3v) is 7.61. The molecule has 0 aliphatic carbocycles. The van der Waals surface area contributed by atoms with E-state index in [0.29, 0.717) is 0 Å². The van der Waals surface area contributed by atoms with Gasteiger partial charge in [0, 0.05) is 40.1 Å². The highest BCUT2D eigenvalue weighted by Gasteiger charge is 2.21. The van der Waals surface area contributed by atoms with E-state index >= 15 is 0 Å². The Morgan fingerprint density at radius 2 is 1.18 bits per heavy atom. The van der Waals surface area contributed by atoms with Gasteiger partial charge in [0.15, 0.2) is 0 Å². The van der Waals surface area contributed by atoms with Crippen molar-refractivity contribution in [2.75, 3.05) is 0 Å². The largest absolute Gasteiger partial charge is 0.309 e. The monoisotopic (exact) mass is 512 g/mol. The summed E-state index contributed by atoms with van der Waals surface area (Å²) >= 11 is 0. The minimum Gasteiger partial charge on any atom is -0.309 e. The van der Waals surface area contributed by atoms with E-state index in [9.17, 15) is 0 Å². The highest BCUT2D eigenvalue weighted by Crippen LogP contribution is 2.39. The van der Waals surface area contributed by atoms with Gasteiger partial charge in [0.25, 0.3) is 0 Å². The Kier molecular flexibility index (Phi) is 5.10. The molecular weight excluding hydrogens is 488 g/mol. The van der Waals surface area contributed by atoms with Crippen LogP contribution >= 0.6 is 0 Å². The van der Waals surface area contributed by atoms with Crippen molar-refractivity contribution in [3.63, 3.8) is 0 Å². The third kappa shape index (κ3) is 3.47. The molecule has 0 atom stereocenters. The summed E-state index contributed by atoms with van der Waals surface area (Å²) in [4.78, 5) is 9.79. The van der Waals surface area contributed by atoms with Crippen molar-refractivity contribution < 1.29 is 0 Å². The first-order valence-electron chi connectivity index (χ1n) is 13.4. The molecule has 0 bridgehead atoms. The van der Waals surface area contributed by atoms with Crippen molar-refractivity contribution in [1.82, 2.24) is 19.1 Å². The number of para-hydroxylation sites is 2. The van der Waals surface area contributed by atoms with Crippen LogP contribution in [0.1, 0.15) is 0 Å². The van der Waals surface area contributed by atoms with Gasteiger partial charge in [0.1, 0.15) is 5.82 Å². The average Bonchev–Trinajstić information content (AvgIpc) is 3.59. The Morgan fingerprint density at radius 3 is 2.00 bits per heavy atom. The number of imidazole rings is 1. The minimum atomic E-state index is 0.873. The van der Waals surface area contributed by atoms with Gasteiger partial charge in [-0.05, 0) is 65.7 Å². The molecule has 40 heavy (non-hydrogen) atoms. The molecule has 0 spiro atoms. The van der Waals surface area contributed by atoms with Crippen LogP contribution in [0.3, 0.4) is 0 Å². The number of benzene rings is 5. The summed E-state index contributed by atoms with van der Waals surface area (Å²) in [5.41, 5.74) is 9.87. The molecule has 3 heterocycles. The number of hydrogen-bond donors (Lipinski definition) is 0. The number of aromatic nitrogens is 4. The second kappa shape index (κ2) is 9.07. The van der Waals surface area contributed by atoms with Crippen molar-refractivity contribution >= 4 is 32.8 Å². The molecule has 0 N–H and O–H groups in total. The van der Waals surface area contributed by atoms with Gasteiger partial charge in [-0.15, -0.1) is 0 Å². The van der Waals surface area contributed by atoms with Gasteiger partial charge in [-0.25, -0.2) is 4.98 Å². The molecule has 3 aromatic heterocycles. The van der Waals surface area contributed by atoms with Crippen LogP contribution in [0.25, 0.3) is 66.7 Å². The molecule has 0 aliphatic heterocycles. The SMILES string of the molecule is c1ccc(-c2cccc(-n3c(-c4cccnc4)nc4c5c6ccccc6n(-c6ccccc6)c5ccc43)c2)cc1. The van der Waals surface area contributed by atoms with Crippen molar-refractivity contribution in [3.8, 4) is 33.9 Å². The molecule has 188 valence electrons. The van der Waals surface area contributed by atoms with Crippen LogP contribution in [0, 0.1) is 0 Å². The van der Waals surface area contributed by atoms with Crippen molar-refractivity contribution in [2.24, 2.45) is 0 Å². The summed E-state index contributed by atoms with van der Waals surface area (Å²) < 4.78 is 4.61. The molecule has 5 aromatic carbocycles. The highest BCUT2D eigenvalue weighted by atomic mass is 15.1. The molecule has 8 aromatic rings. The van der Waals surface area contributed by atoms with Crippen LogP contribution in [0.5, 0.6) is 0 Å². The van der Waals surface area contributed by atoms with E-state index in [-0.39, 0.29) is 0 Å². The summed E-state index contributed by atoms with van der Waals surface area (Å²) in [7, 11) is 0. The van der Waals surface area contributed by atoms with E-state index in [1.54, 1.807) is 6.20 Å².